The number of nitrogens with one attached hydrogen (secondary N) is 1. The summed E-state index contributed by atoms with van der Waals surface area (Å²) in [6, 6.07) is -0.0291. The van der Waals surface area contributed by atoms with Crippen molar-refractivity contribution in [3.63, 3.8) is 0 Å². The van der Waals surface area contributed by atoms with Gasteiger partial charge in [-0.15, -0.1) is 0 Å². The molecule has 94 valence electrons. The number of carbonyl (C=O) groups is 1. The molecule has 2 unspecified atom stereocenters. The number of aliphatic hydroxyl groups excluding tert-OH is 1. The molecule has 2 atom stereocenters. The molecule has 0 aromatic carbocycles. The average molecular weight is 230 g/mol. The monoisotopic (exact) mass is 230 g/mol. The largest absolute Gasteiger partial charge is 0.396 e. The van der Waals surface area contributed by atoms with E-state index in [1.165, 1.54) is 0 Å². The Labute approximate surface area is 96.3 Å². The second kappa shape index (κ2) is 5.61. The Morgan fingerprint density at radius 1 is 1.62 bits per heavy atom. The summed E-state index contributed by atoms with van der Waals surface area (Å²) in [5, 5.41) is 11.8. The Hall–Kier alpha value is -0.650. The number of rotatable bonds is 5. The van der Waals surface area contributed by atoms with Crippen LogP contribution < -0.4 is 11.1 Å². The maximum absolute atomic E-state index is 12.0. The van der Waals surface area contributed by atoms with Gasteiger partial charge in [-0.3, -0.25) is 4.79 Å². The van der Waals surface area contributed by atoms with Crippen LogP contribution in [-0.2, 0) is 9.53 Å². The molecule has 1 heterocycles. The summed E-state index contributed by atoms with van der Waals surface area (Å²) in [5.41, 5.74) is 5.06. The van der Waals surface area contributed by atoms with Crippen molar-refractivity contribution >= 4 is 5.91 Å². The third kappa shape index (κ3) is 3.17. The third-order valence-electron chi connectivity index (χ3n) is 3.07. The van der Waals surface area contributed by atoms with Crippen molar-refractivity contribution in [1.29, 1.82) is 0 Å². The van der Waals surface area contributed by atoms with Crippen LogP contribution in [0.15, 0.2) is 0 Å². The SMILES string of the molecule is CC(C)C(CCO)NC(=O)C1(N)CCOC1. The molecule has 0 aromatic rings. The van der Waals surface area contributed by atoms with Gasteiger partial charge in [0.15, 0.2) is 0 Å². The van der Waals surface area contributed by atoms with E-state index in [1.54, 1.807) is 0 Å². The zero-order chi connectivity index (χ0) is 12.2. The van der Waals surface area contributed by atoms with E-state index in [1.807, 2.05) is 13.8 Å². The zero-order valence-electron chi connectivity index (χ0n) is 10.0. The minimum Gasteiger partial charge on any atom is -0.396 e. The molecule has 0 aliphatic carbocycles. The fourth-order valence-electron chi connectivity index (χ4n) is 1.78. The van der Waals surface area contributed by atoms with Gasteiger partial charge < -0.3 is 20.9 Å². The van der Waals surface area contributed by atoms with Gasteiger partial charge in [-0.05, 0) is 18.8 Å². The van der Waals surface area contributed by atoms with E-state index < -0.39 is 5.54 Å². The standard InChI is InChI=1S/C11H22N2O3/c1-8(2)9(3-5-14)13-10(15)11(12)4-6-16-7-11/h8-9,14H,3-7,12H2,1-2H3,(H,13,15). The lowest BCUT2D eigenvalue weighted by molar-refractivity contribution is -0.127. The Morgan fingerprint density at radius 2 is 2.31 bits per heavy atom. The smallest absolute Gasteiger partial charge is 0.242 e. The molecule has 0 aromatic heterocycles. The Balaban J connectivity index is 2.53. The summed E-state index contributed by atoms with van der Waals surface area (Å²) in [6.07, 6.45) is 1.11. The van der Waals surface area contributed by atoms with Crippen molar-refractivity contribution in [1.82, 2.24) is 5.32 Å². The molecule has 1 saturated heterocycles. The van der Waals surface area contributed by atoms with Crippen LogP contribution in [0, 0.1) is 5.92 Å². The van der Waals surface area contributed by atoms with Crippen LogP contribution in [0.2, 0.25) is 0 Å². The molecule has 5 heteroatoms. The summed E-state index contributed by atoms with van der Waals surface area (Å²) in [5.74, 6) is 0.110. The number of ether oxygens (including phenoxy) is 1. The molecule has 1 aliphatic heterocycles. The lowest BCUT2D eigenvalue weighted by Gasteiger charge is -2.27. The van der Waals surface area contributed by atoms with Crippen molar-refractivity contribution < 1.29 is 14.6 Å². The lowest BCUT2D eigenvalue weighted by Crippen LogP contribution is -2.57. The van der Waals surface area contributed by atoms with Crippen LogP contribution in [0.5, 0.6) is 0 Å². The predicted octanol–water partition coefficient (Wildman–Crippen LogP) is -0.373. The Morgan fingerprint density at radius 3 is 2.75 bits per heavy atom. The number of amides is 1. The van der Waals surface area contributed by atoms with Gasteiger partial charge in [-0.2, -0.15) is 0 Å². The molecular weight excluding hydrogens is 208 g/mol. The molecule has 0 saturated carbocycles. The van der Waals surface area contributed by atoms with Crippen LogP contribution in [0.4, 0.5) is 0 Å². The molecule has 0 radical (unpaired) electrons. The van der Waals surface area contributed by atoms with E-state index in [9.17, 15) is 4.79 Å². The van der Waals surface area contributed by atoms with Crippen LogP contribution in [0.3, 0.4) is 0 Å². The summed E-state index contributed by atoms with van der Waals surface area (Å²) in [4.78, 5) is 12.0. The first-order valence-corrected chi connectivity index (χ1v) is 5.78. The van der Waals surface area contributed by atoms with Crippen LogP contribution in [-0.4, -0.2) is 42.4 Å². The molecule has 1 fully saturated rings. The van der Waals surface area contributed by atoms with Gasteiger partial charge in [-0.1, -0.05) is 13.8 Å². The van der Waals surface area contributed by atoms with Crippen molar-refractivity contribution in [2.75, 3.05) is 19.8 Å². The number of carbonyl (C=O) groups excluding carboxylic acids is 1. The highest BCUT2D eigenvalue weighted by atomic mass is 16.5. The number of hydrogen-bond donors (Lipinski definition) is 3. The van der Waals surface area contributed by atoms with E-state index in [0.717, 1.165) is 0 Å². The van der Waals surface area contributed by atoms with Crippen LogP contribution in [0.25, 0.3) is 0 Å². The van der Waals surface area contributed by atoms with E-state index in [0.29, 0.717) is 19.4 Å². The molecule has 5 nitrogen and oxygen atoms in total. The Bertz CT molecular complexity index is 237. The highest BCUT2D eigenvalue weighted by Crippen LogP contribution is 2.17. The van der Waals surface area contributed by atoms with Gasteiger partial charge in [0.2, 0.25) is 5.91 Å². The molecule has 1 aliphatic rings. The fourth-order valence-corrected chi connectivity index (χ4v) is 1.78. The molecule has 1 amide bonds. The van der Waals surface area contributed by atoms with Crippen LogP contribution >= 0.6 is 0 Å². The number of aliphatic hydroxyl groups is 1. The zero-order valence-corrected chi connectivity index (χ0v) is 10.0. The van der Waals surface area contributed by atoms with E-state index in [4.69, 9.17) is 15.6 Å². The third-order valence-corrected chi connectivity index (χ3v) is 3.07. The van der Waals surface area contributed by atoms with Gasteiger partial charge in [0.25, 0.3) is 0 Å². The van der Waals surface area contributed by atoms with Gasteiger partial charge in [0.1, 0.15) is 5.54 Å². The van der Waals surface area contributed by atoms with Crippen molar-refractivity contribution in [3.8, 4) is 0 Å². The molecule has 0 bridgehead atoms. The van der Waals surface area contributed by atoms with E-state index in [2.05, 4.69) is 5.32 Å². The van der Waals surface area contributed by atoms with E-state index in [-0.39, 0.29) is 31.1 Å². The van der Waals surface area contributed by atoms with Gasteiger partial charge in [0, 0.05) is 19.3 Å². The minimum atomic E-state index is -0.886. The Kier molecular flexibility index (Phi) is 4.70. The lowest BCUT2D eigenvalue weighted by atomic mass is 9.96. The molecule has 4 N–H and O–H groups in total. The topological polar surface area (TPSA) is 84.6 Å². The highest BCUT2D eigenvalue weighted by Gasteiger charge is 2.39. The first-order chi connectivity index (χ1) is 7.49. The molecular formula is C11H22N2O3. The second-order valence-corrected chi connectivity index (χ2v) is 4.79. The first-order valence-electron chi connectivity index (χ1n) is 5.78. The number of nitrogens with two attached hydrogens (primary N) is 1. The molecule has 1 rings (SSSR count). The summed E-state index contributed by atoms with van der Waals surface area (Å²) in [7, 11) is 0. The van der Waals surface area contributed by atoms with Gasteiger partial charge in [-0.25, -0.2) is 0 Å². The van der Waals surface area contributed by atoms with Gasteiger partial charge in [0.05, 0.1) is 6.61 Å². The predicted molar refractivity (Wildman–Crippen MR) is 60.8 cm³/mol. The van der Waals surface area contributed by atoms with Gasteiger partial charge >= 0.3 is 0 Å². The molecule has 16 heavy (non-hydrogen) atoms. The van der Waals surface area contributed by atoms with Crippen LogP contribution in [0.1, 0.15) is 26.7 Å². The number of hydrogen-bond acceptors (Lipinski definition) is 4. The first kappa shape index (κ1) is 13.4. The van der Waals surface area contributed by atoms with Crippen molar-refractivity contribution in [2.24, 2.45) is 11.7 Å². The molecule has 0 spiro atoms. The minimum absolute atomic E-state index is 0.0291. The highest BCUT2D eigenvalue weighted by molar-refractivity contribution is 5.86. The quantitative estimate of drug-likeness (QED) is 0.601. The summed E-state index contributed by atoms with van der Waals surface area (Å²) >= 11 is 0. The normalized spacial score (nSPS) is 27.1. The maximum Gasteiger partial charge on any atom is 0.242 e. The summed E-state index contributed by atoms with van der Waals surface area (Å²) in [6.45, 7) is 4.90. The second-order valence-electron chi connectivity index (χ2n) is 4.79. The summed E-state index contributed by atoms with van der Waals surface area (Å²) < 4.78 is 5.15. The van der Waals surface area contributed by atoms with Crippen molar-refractivity contribution in [2.45, 2.75) is 38.3 Å². The van der Waals surface area contributed by atoms with E-state index >= 15 is 0 Å². The van der Waals surface area contributed by atoms with Crippen molar-refractivity contribution in [3.05, 3.63) is 0 Å². The fraction of sp³-hybridized carbons (Fsp3) is 0.909. The average Bonchev–Trinajstić information content (AvgIpc) is 2.65. The maximum atomic E-state index is 12.0.